The second kappa shape index (κ2) is 4.45. The first-order valence-corrected chi connectivity index (χ1v) is 4.20. The predicted octanol–water partition coefficient (Wildman–Crippen LogP) is 0.873. The van der Waals surface area contributed by atoms with E-state index in [1.807, 2.05) is 13.8 Å². The van der Waals surface area contributed by atoms with Crippen LogP contribution in [0.1, 0.15) is 26.7 Å². The van der Waals surface area contributed by atoms with Crippen molar-refractivity contribution < 1.29 is 9.90 Å². The molecule has 0 radical (unpaired) electrons. The van der Waals surface area contributed by atoms with Crippen molar-refractivity contribution in [2.24, 2.45) is 5.41 Å². The molecule has 0 spiro atoms. The van der Waals surface area contributed by atoms with Crippen LogP contribution in [0.15, 0.2) is 0 Å². The molecule has 0 aromatic heterocycles. The van der Waals surface area contributed by atoms with Gasteiger partial charge in [0.2, 0.25) is 5.91 Å². The second-order valence-electron chi connectivity index (χ2n) is 4.10. The van der Waals surface area contributed by atoms with Gasteiger partial charge in [-0.3, -0.25) is 4.79 Å². The molecule has 0 saturated carbocycles. The zero-order valence-electron chi connectivity index (χ0n) is 8.42. The highest BCUT2D eigenvalue weighted by Crippen LogP contribution is 2.24. The molecule has 0 saturated heterocycles. The highest BCUT2D eigenvalue weighted by Gasteiger charge is 2.21. The van der Waals surface area contributed by atoms with Gasteiger partial charge in [0.05, 0.1) is 0 Å². The third-order valence-electron chi connectivity index (χ3n) is 1.92. The number of aliphatic hydroxyl groups is 1. The molecule has 0 unspecified atom stereocenters. The van der Waals surface area contributed by atoms with Gasteiger partial charge in [-0.25, -0.2) is 0 Å². The number of nitrogens with zero attached hydrogens (tertiary/aromatic N) is 1. The monoisotopic (exact) mass is 173 g/mol. The maximum absolute atomic E-state index is 11.3. The SMILES string of the molecule is CN(C)C(=O)CC(C)(C)CCO. The molecule has 0 heterocycles. The Hall–Kier alpha value is -0.570. The lowest BCUT2D eigenvalue weighted by molar-refractivity contribution is -0.130. The lowest BCUT2D eigenvalue weighted by Gasteiger charge is -2.24. The molecule has 0 aliphatic carbocycles. The molecule has 1 amide bonds. The van der Waals surface area contributed by atoms with Crippen LogP contribution in [0.2, 0.25) is 0 Å². The Morgan fingerprint density at radius 2 is 1.92 bits per heavy atom. The normalized spacial score (nSPS) is 11.4. The number of amides is 1. The summed E-state index contributed by atoms with van der Waals surface area (Å²) in [7, 11) is 3.49. The molecule has 0 bridgehead atoms. The Morgan fingerprint density at radius 3 is 2.25 bits per heavy atom. The van der Waals surface area contributed by atoms with E-state index < -0.39 is 0 Å². The molecular formula is C9H19NO2. The van der Waals surface area contributed by atoms with Crippen LogP contribution in [0, 0.1) is 5.41 Å². The smallest absolute Gasteiger partial charge is 0.222 e. The fourth-order valence-electron chi connectivity index (χ4n) is 0.959. The number of hydrogen-bond donors (Lipinski definition) is 1. The average Bonchev–Trinajstić information content (AvgIpc) is 1.85. The van der Waals surface area contributed by atoms with Gasteiger partial charge in [0, 0.05) is 27.1 Å². The Balaban J connectivity index is 3.96. The molecule has 72 valence electrons. The molecule has 0 rings (SSSR count). The molecule has 3 heteroatoms. The molecule has 0 aliphatic heterocycles. The summed E-state index contributed by atoms with van der Waals surface area (Å²) in [4.78, 5) is 12.9. The van der Waals surface area contributed by atoms with Crippen LogP contribution in [-0.2, 0) is 4.79 Å². The maximum Gasteiger partial charge on any atom is 0.222 e. The standard InChI is InChI=1S/C9H19NO2/c1-9(2,5-6-11)7-8(12)10(3)4/h11H,5-7H2,1-4H3. The van der Waals surface area contributed by atoms with E-state index in [1.165, 1.54) is 0 Å². The highest BCUT2D eigenvalue weighted by atomic mass is 16.3. The first kappa shape index (κ1) is 11.4. The molecule has 0 fully saturated rings. The van der Waals surface area contributed by atoms with Crippen molar-refractivity contribution in [2.45, 2.75) is 26.7 Å². The van der Waals surface area contributed by atoms with Gasteiger partial charge in [0.1, 0.15) is 0 Å². The molecule has 0 aliphatic rings. The first-order chi connectivity index (χ1) is 5.39. The zero-order chi connectivity index (χ0) is 9.78. The topological polar surface area (TPSA) is 40.5 Å². The van der Waals surface area contributed by atoms with Gasteiger partial charge in [-0.15, -0.1) is 0 Å². The lowest BCUT2D eigenvalue weighted by atomic mass is 9.85. The average molecular weight is 173 g/mol. The molecule has 0 aromatic rings. The number of hydrogen-bond acceptors (Lipinski definition) is 2. The molecular weight excluding hydrogens is 154 g/mol. The second-order valence-corrected chi connectivity index (χ2v) is 4.10. The Morgan fingerprint density at radius 1 is 1.42 bits per heavy atom. The Labute approximate surface area is 74.4 Å². The minimum absolute atomic E-state index is 0.0872. The van der Waals surface area contributed by atoms with E-state index in [9.17, 15) is 4.79 Å². The van der Waals surface area contributed by atoms with Crippen LogP contribution in [0.4, 0.5) is 0 Å². The summed E-state index contributed by atoms with van der Waals surface area (Å²) >= 11 is 0. The van der Waals surface area contributed by atoms with Crippen LogP contribution in [-0.4, -0.2) is 36.6 Å². The Bertz CT molecular complexity index is 153. The molecule has 12 heavy (non-hydrogen) atoms. The zero-order valence-corrected chi connectivity index (χ0v) is 8.42. The summed E-state index contributed by atoms with van der Waals surface area (Å²) < 4.78 is 0. The van der Waals surface area contributed by atoms with Crippen LogP contribution in [0.3, 0.4) is 0 Å². The van der Waals surface area contributed by atoms with E-state index >= 15 is 0 Å². The van der Waals surface area contributed by atoms with Crippen molar-refractivity contribution in [1.82, 2.24) is 4.90 Å². The van der Waals surface area contributed by atoms with Gasteiger partial charge < -0.3 is 10.0 Å². The molecule has 1 N–H and O–H groups in total. The van der Waals surface area contributed by atoms with Crippen molar-refractivity contribution in [1.29, 1.82) is 0 Å². The Kier molecular flexibility index (Phi) is 4.24. The van der Waals surface area contributed by atoms with E-state index in [0.29, 0.717) is 12.8 Å². The minimum Gasteiger partial charge on any atom is -0.396 e. The van der Waals surface area contributed by atoms with Gasteiger partial charge in [-0.2, -0.15) is 0 Å². The minimum atomic E-state index is -0.0872. The van der Waals surface area contributed by atoms with E-state index in [4.69, 9.17) is 5.11 Å². The van der Waals surface area contributed by atoms with Crippen molar-refractivity contribution in [2.75, 3.05) is 20.7 Å². The summed E-state index contributed by atoms with van der Waals surface area (Å²) in [5.74, 6) is 0.119. The number of carbonyl (C=O) groups excluding carboxylic acids is 1. The van der Waals surface area contributed by atoms with Crippen molar-refractivity contribution >= 4 is 5.91 Å². The number of aliphatic hydroxyl groups excluding tert-OH is 1. The van der Waals surface area contributed by atoms with E-state index in [1.54, 1.807) is 19.0 Å². The maximum atomic E-state index is 11.3. The summed E-state index contributed by atoms with van der Waals surface area (Å²) in [5.41, 5.74) is -0.0872. The van der Waals surface area contributed by atoms with Gasteiger partial charge >= 0.3 is 0 Å². The quantitative estimate of drug-likeness (QED) is 0.685. The van der Waals surface area contributed by atoms with Crippen molar-refractivity contribution in [3.8, 4) is 0 Å². The third kappa shape index (κ3) is 4.34. The largest absolute Gasteiger partial charge is 0.396 e. The first-order valence-electron chi connectivity index (χ1n) is 4.20. The van der Waals surface area contributed by atoms with Gasteiger partial charge in [0.15, 0.2) is 0 Å². The number of carbonyl (C=O) groups is 1. The predicted molar refractivity (Wildman–Crippen MR) is 48.8 cm³/mol. The summed E-state index contributed by atoms with van der Waals surface area (Å²) in [6.07, 6.45) is 1.17. The van der Waals surface area contributed by atoms with Crippen LogP contribution < -0.4 is 0 Å². The van der Waals surface area contributed by atoms with Crippen LogP contribution in [0.5, 0.6) is 0 Å². The molecule has 0 aromatic carbocycles. The fraction of sp³-hybridized carbons (Fsp3) is 0.889. The highest BCUT2D eigenvalue weighted by molar-refractivity contribution is 5.76. The van der Waals surface area contributed by atoms with Gasteiger partial charge in [0.25, 0.3) is 0 Å². The summed E-state index contributed by atoms with van der Waals surface area (Å²) in [6, 6.07) is 0. The van der Waals surface area contributed by atoms with E-state index in [-0.39, 0.29) is 17.9 Å². The van der Waals surface area contributed by atoms with E-state index in [0.717, 1.165) is 0 Å². The fourth-order valence-corrected chi connectivity index (χ4v) is 0.959. The summed E-state index contributed by atoms with van der Waals surface area (Å²) in [6.45, 7) is 4.13. The van der Waals surface area contributed by atoms with Crippen LogP contribution >= 0.6 is 0 Å². The van der Waals surface area contributed by atoms with Crippen molar-refractivity contribution in [3.63, 3.8) is 0 Å². The van der Waals surface area contributed by atoms with Gasteiger partial charge in [-0.1, -0.05) is 13.8 Å². The van der Waals surface area contributed by atoms with E-state index in [2.05, 4.69) is 0 Å². The van der Waals surface area contributed by atoms with Crippen molar-refractivity contribution in [3.05, 3.63) is 0 Å². The number of rotatable bonds is 4. The molecule has 0 atom stereocenters. The summed E-state index contributed by atoms with van der Waals surface area (Å²) in [5, 5.41) is 8.73. The molecule has 3 nitrogen and oxygen atoms in total. The van der Waals surface area contributed by atoms with Gasteiger partial charge in [-0.05, 0) is 11.8 Å². The third-order valence-corrected chi connectivity index (χ3v) is 1.92. The van der Waals surface area contributed by atoms with Crippen LogP contribution in [0.25, 0.3) is 0 Å². The lowest BCUT2D eigenvalue weighted by Crippen LogP contribution is -2.28.